The summed E-state index contributed by atoms with van der Waals surface area (Å²) in [4.78, 5) is 23.4. The molecule has 0 saturated carbocycles. The standard InChI is InChI=1S/C16H14FN3O2S/c1-18-14(21)10-4-8-13(9-5-10)19-16(23)20-15(22)11-2-6-12(17)7-3-11/h2-9H,1H3,(H,18,21)(H2,19,20,22,23). The molecular formula is C16H14FN3O2S. The van der Waals surface area contributed by atoms with Crippen molar-refractivity contribution in [3.8, 4) is 0 Å². The number of carbonyl (C=O) groups is 2. The second-order valence-electron chi connectivity index (χ2n) is 4.57. The minimum atomic E-state index is -0.440. The highest BCUT2D eigenvalue weighted by Gasteiger charge is 2.08. The van der Waals surface area contributed by atoms with E-state index in [1.807, 2.05) is 0 Å². The number of carbonyl (C=O) groups excluding carboxylic acids is 2. The van der Waals surface area contributed by atoms with Gasteiger partial charge in [0.1, 0.15) is 5.82 Å². The van der Waals surface area contributed by atoms with Gasteiger partial charge in [-0.2, -0.15) is 0 Å². The summed E-state index contributed by atoms with van der Waals surface area (Å²) >= 11 is 5.05. The third kappa shape index (κ3) is 4.58. The molecule has 7 heteroatoms. The van der Waals surface area contributed by atoms with Gasteiger partial charge in [0.05, 0.1) is 0 Å². The van der Waals surface area contributed by atoms with Gasteiger partial charge in [-0.15, -0.1) is 0 Å². The number of amides is 2. The molecule has 0 aliphatic carbocycles. The molecule has 2 aromatic rings. The maximum Gasteiger partial charge on any atom is 0.257 e. The second kappa shape index (κ2) is 7.46. The molecule has 0 saturated heterocycles. The first-order valence-corrected chi connectivity index (χ1v) is 7.10. The lowest BCUT2D eigenvalue weighted by Gasteiger charge is -2.10. The largest absolute Gasteiger partial charge is 0.355 e. The predicted octanol–water partition coefficient (Wildman–Crippen LogP) is 2.31. The molecule has 0 unspecified atom stereocenters. The van der Waals surface area contributed by atoms with Gasteiger partial charge in [0.2, 0.25) is 0 Å². The van der Waals surface area contributed by atoms with Gasteiger partial charge in [0, 0.05) is 23.9 Å². The van der Waals surface area contributed by atoms with Crippen LogP contribution in [0.4, 0.5) is 10.1 Å². The van der Waals surface area contributed by atoms with Crippen molar-refractivity contribution < 1.29 is 14.0 Å². The molecule has 118 valence electrons. The molecule has 0 bridgehead atoms. The van der Waals surface area contributed by atoms with E-state index in [9.17, 15) is 14.0 Å². The van der Waals surface area contributed by atoms with Crippen molar-refractivity contribution in [3.63, 3.8) is 0 Å². The summed E-state index contributed by atoms with van der Waals surface area (Å²) in [7, 11) is 1.55. The van der Waals surface area contributed by atoms with Crippen LogP contribution in [0.2, 0.25) is 0 Å². The Kier molecular flexibility index (Phi) is 5.37. The van der Waals surface area contributed by atoms with Crippen LogP contribution in [0.1, 0.15) is 20.7 Å². The highest BCUT2D eigenvalue weighted by Crippen LogP contribution is 2.09. The first kappa shape index (κ1) is 16.6. The number of thiocarbonyl (C=S) groups is 1. The molecule has 2 aromatic carbocycles. The third-order valence-electron chi connectivity index (χ3n) is 2.97. The maximum atomic E-state index is 12.8. The van der Waals surface area contributed by atoms with Crippen molar-refractivity contribution in [1.82, 2.24) is 10.6 Å². The highest BCUT2D eigenvalue weighted by molar-refractivity contribution is 7.80. The Hall–Kier alpha value is -2.80. The van der Waals surface area contributed by atoms with E-state index < -0.39 is 11.7 Å². The molecule has 0 aliphatic rings. The smallest absolute Gasteiger partial charge is 0.257 e. The Morgan fingerprint density at radius 1 is 0.913 bits per heavy atom. The Balaban J connectivity index is 1.95. The van der Waals surface area contributed by atoms with Crippen LogP contribution in [0.15, 0.2) is 48.5 Å². The fourth-order valence-electron chi connectivity index (χ4n) is 1.79. The fourth-order valence-corrected chi connectivity index (χ4v) is 2.00. The molecule has 5 nitrogen and oxygen atoms in total. The van der Waals surface area contributed by atoms with Crippen molar-refractivity contribution >= 4 is 34.8 Å². The van der Waals surface area contributed by atoms with Gasteiger partial charge in [-0.05, 0) is 60.7 Å². The molecule has 23 heavy (non-hydrogen) atoms. The molecule has 0 spiro atoms. The average Bonchev–Trinajstić information content (AvgIpc) is 2.55. The van der Waals surface area contributed by atoms with Gasteiger partial charge in [-0.1, -0.05) is 0 Å². The highest BCUT2D eigenvalue weighted by atomic mass is 32.1. The van der Waals surface area contributed by atoms with E-state index in [2.05, 4.69) is 16.0 Å². The molecule has 0 heterocycles. The van der Waals surface area contributed by atoms with Crippen molar-refractivity contribution in [2.75, 3.05) is 12.4 Å². The molecule has 2 rings (SSSR count). The summed E-state index contributed by atoms with van der Waals surface area (Å²) < 4.78 is 12.8. The summed E-state index contributed by atoms with van der Waals surface area (Å²) in [5, 5.41) is 7.95. The number of halogens is 1. The lowest BCUT2D eigenvalue weighted by atomic mass is 10.2. The van der Waals surface area contributed by atoms with Crippen molar-refractivity contribution in [1.29, 1.82) is 0 Å². The maximum absolute atomic E-state index is 12.8. The van der Waals surface area contributed by atoms with E-state index in [0.29, 0.717) is 16.8 Å². The van der Waals surface area contributed by atoms with Gasteiger partial charge in [-0.3, -0.25) is 14.9 Å². The molecule has 0 radical (unpaired) electrons. The van der Waals surface area contributed by atoms with Crippen LogP contribution in [-0.4, -0.2) is 24.0 Å². The van der Waals surface area contributed by atoms with Crippen LogP contribution >= 0.6 is 12.2 Å². The predicted molar refractivity (Wildman–Crippen MR) is 89.9 cm³/mol. The summed E-state index contributed by atoms with van der Waals surface area (Å²) in [5.74, 6) is -1.05. The molecule has 0 atom stereocenters. The van der Waals surface area contributed by atoms with Crippen LogP contribution in [0.5, 0.6) is 0 Å². The van der Waals surface area contributed by atoms with Crippen LogP contribution in [0, 0.1) is 5.82 Å². The van der Waals surface area contributed by atoms with E-state index in [1.165, 1.54) is 24.3 Å². The fraction of sp³-hybridized carbons (Fsp3) is 0.0625. The minimum Gasteiger partial charge on any atom is -0.355 e. The van der Waals surface area contributed by atoms with Crippen molar-refractivity contribution in [3.05, 3.63) is 65.5 Å². The normalized spacial score (nSPS) is 9.83. The first-order chi connectivity index (χ1) is 11.0. The molecule has 0 aromatic heterocycles. The van der Waals surface area contributed by atoms with Gasteiger partial charge in [0.15, 0.2) is 5.11 Å². The monoisotopic (exact) mass is 331 g/mol. The summed E-state index contributed by atoms with van der Waals surface area (Å²) in [6.45, 7) is 0. The SMILES string of the molecule is CNC(=O)c1ccc(NC(=S)NC(=O)c2ccc(F)cc2)cc1. The topological polar surface area (TPSA) is 70.2 Å². The first-order valence-electron chi connectivity index (χ1n) is 6.69. The van der Waals surface area contributed by atoms with E-state index in [1.54, 1.807) is 31.3 Å². The number of rotatable bonds is 3. The summed E-state index contributed by atoms with van der Waals surface area (Å²) in [6.07, 6.45) is 0. The zero-order valence-electron chi connectivity index (χ0n) is 12.2. The molecule has 0 fully saturated rings. The van der Waals surface area contributed by atoms with E-state index in [0.717, 1.165) is 0 Å². The average molecular weight is 331 g/mol. The van der Waals surface area contributed by atoms with Crippen LogP contribution in [0.25, 0.3) is 0 Å². The minimum absolute atomic E-state index is 0.104. The van der Waals surface area contributed by atoms with E-state index >= 15 is 0 Å². The zero-order chi connectivity index (χ0) is 16.8. The number of anilines is 1. The lowest BCUT2D eigenvalue weighted by Crippen LogP contribution is -2.34. The number of nitrogens with one attached hydrogen (secondary N) is 3. The number of hydrogen-bond donors (Lipinski definition) is 3. The quantitative estimate of drug-likeness (QED) is 0.755. The Morgan fingerprint density at radius 2 is 1.43 bits per heavy atom. The molecule has 2 amide bonds. The number of hydrogen-bond acceptors (Lipinski definition) is 3. The summed E-state index contributed by atoms with van der Waals surface area (Å²) in [6, 6.07) is 11.7. The Bertz CT molecular complexity index is 730. The van der Waals surface area contributed by atoms with Crippen LogP contribution in [-0.2, 0) is 0 Å². The molecule has 3 N–H and O–H groups in total. The van der Waals surface area contributed by atoms with E-state index in [-0.39, 0.29) is 11.0 Å². The van der Waals surface area contributed by atoms with Crippen molar-refractivity contribution in [2.24, 2.45) is 0 Å². The van der Waals surface area contributed by atoms with Gasteiger partial charge in [0.25, 0.3) is 11.8 Å². The lowest BCUT2D eigenvalue weighted by molar-refractivity contribution is 0.0959. The number of benzene rings is 2. The van der Waals surface area contributed by atoms with Crippen LogP contribution < -0.4 is 16.0 Å². The van der Waals surface area contributed by atoms with E-state index in [4.69, 9.17) is 12.2 Å². The third-order valence-corrected chi connectivity index (χ3v) is 3.17. The van der Waals surface area contributed by atoms with Crippen molar-refractivity contribution in [2.45, 2.75) is 0 Å². The zero-order valence-corrected chi connectivity index (χ0v) is 13.0. The van der Waals surface area contributed by atoms with Gasteiger partial charge >= 0.3 is 0 Å². The van der Waals surface area contributed by atoms with Gasteiger partial charge < -0.3 is 10.6 Å². The Morgan fingerprint density at radius 3 is 2.00 bits per heavy atom. The second-order valence-corrected chi connectivity index (χ2v) is 4.98. The summed E-state index contributed by atoms with van der Waals surface area (Å²) in [5.41, 5.74) is 1.44. The van der Waals surface area contributed by atoms with Crippen LogP contribution in [0.3, 0.4) is 0 Å². The molecular weight excluding hydrogens is 317 g/mol. The van der Waals surface area contributed by atoms with Gasteiger partial charge in [-0.25, -0.2) is 4.39 Å². The molecule has 0 aliphatic heterocycles. The Labute approximate surface area is 137 Å².